The highest BCUT2D eigenvalue weighted by atomic mass is 32.2. The number of hydrogen-bond donors (Lipinski definition) is 4. The molecule has 0 radical (unpaired) electrons. The van der Waals surface area contributed by atoms with Gasteiger partial charge in [0.05, 0.1) is 21.9 Å². The van der Waals surface area contributed by atoms with Gasteiger partial charge < -0.3 is 5.32 Å². The molecule has 0 aromatic heterocycles. The first-order chi connectivity index (χ1) is 11.9. The third kappa shape index (κ3) is 4.87. The maximum absolute atomic E-state index is 11.8. The molecule has 0 aliphatic heterocycles. The Morgan fingerprint density at radius 3 is 2.27 bits per heavy atom. The Bertz CT molecular complexity index is 1080. The molecule has 14 heteroatoms. The van der Waals surface area contributed by atoms with Gasteiger partial charge in [0.15, 0.2) is 0 Å². The molecule has 0 fully saturated rings. The van der Waals surface area contributed by atoms with Crippen molar-refractivity contribution in [1.29, 1.82) is 0 Å². The second-order valence-electron chi connectivity index (χ2n) is 4.85. The molecule has 2 rings (SSSR count). The lowest BCUT2D eigenvalue weighted by Gasteiger charge is -2.14. The van der Waals surface area contributed by atoms with Crippen molar-refractivity contribution in [3.8, 4) is 0 Å². The Hall–Kier alpha value is -1.36. The summed E-state index contributed by atoms with van der Waals surface area (Å²) in [6, 6.07) is 4.26. The van der Waals surface area contributed by atoms with Crippen LogP contribution >= 0.6 is 24.3 Å². The molecule has 0 atom stereocenters. The average molecular weight is 441 g/mol. The van der Waals surface area contributed by atoms with Gasteiger partial charge in [0.2, 0.25) is 0 Å². The summed E-state index contributed by atoms with van der Waals surface area (Å²) in [5.41, 5.74) is -0.0638. The fourth-order valence-corrected chi connectivity index (χ4v) is 4.10. The second kappa shape index (κ2) is 7.71. The third-order valence-electron chi connectivity index (χ3n) is 3.01. The zero-order valence-electron chi connectivity index (χ0n) is 12.7. The summed E-state index contributed by atoms with van der Waals surface area (Å²) in [6.07, 6.45) is 0. The fraction of sp³-hybridized carbons (Fsp3) is 0.0833. The molecule has 0 aliphatic carbocycles. The van der Waals surface area contributed by atoms with Gasteiger partial charge >= 0.3 is 0 Å². The van der Waals surface area contributed by atoms with Crippen LogP contribution in [-0.4, -0.2) is 36.2 Å². The Kier molecular flexibility index (Phi) is 6.21. The van der Waals surface area contributed by atoms with Crippen LogP contribution in [0.1, 0.15) is 6.92 Å². The highest BCUT2D eigenvalue weighted by Crippen LogP contribution is 2.37. The second-order valence-corrected chi connectivity index (χ2v) is 9.05. The van der Waals surface area contributed by atoms with Crippen LogP contribution in [0, 0.1) is 0 Å². The van der Waals surface area contributed by atoms with Crippen LogP contribution in [-0.2, 0) is 29.6 Å². The molecule has 0 heterocycles. The maximum Gasteiger partial charge on any atom is 0.295 e. The number of fused-ring (bicyclic) bond motifs is 1. The summed E-state index contributed by atoms with van der Waals surface area (Å²) in [6.45, 7) is 1.46. The zero-order chi connectivity index (χ0) is 19.7. The van der Waals surface area contributed by atoms with E-state index in [1.165, 1.54) is 13.0 Å². The first-order valence-electron chi connectivity index (χ1n) is 6.42. The van der Waals surface area contributed by atoms with Crippen molar-refractivity contribution in [2.75, 3.05) is 5.32 Å². The van der Waals surface area contributed by atoms with Gasteiger partial charge in [-0.15, -0.1) is 4.33 Å². The first-order valence-corrected chi connectivity index (χ1v) is 10.5. The Labute approximate surface area is 157 Å². The normalized spacial score (nSPS) is 12.3. The minimum atomic E-state index is -4.75. The summed E-state index contributed by atoms with van der Waals surface area (Å²) in [5, 5.41) is 14.2. The van der Waals surface area contributed by atoms with Crippen molar-refractivity contribution in [1.82, 2.24) is 0 Å². The van der Waals surface area contributed by atoms with Crippen LogP contribution in [0.4, 0.5) is 5.69 Å². The number of anilines is 1. The van der Waals surface area contributed by atoms with Gasteiger partial charge in [-0.05, 0) is 36.6 Å². The smallest absolute Gasteiger partial charge is 0.295 e. The van der Waals surface area contributed by atoms with E-state index in [2.05, 4.69) is 14.7 Å². The molecule has 26 heavy (non-hydrogen) atoms. The standard InChI is InChI=1S/C12H11NO9S4/c1-6(23)13-10-5-9(25(15,16)17)3-7-2-8(24-22-21-14)4-11(12(7)10)26(18,19)20/h2-5,14H,1H3,(H,13,23)(H,15,16,17)(H,18,19,20). The van der Waals surface area contributed by atoms with E-state index in [0.717, 1.165) is 18.2 Å². The molecule has 4 N–H and O–H groups in total. The predicted octanol–water partition coefficient (Wildman–Crippen LogP) is 2.52. The quantitative estimate of drug-likeness (QED) is 0.171. The molecular weight excluding hydrogens is 430 g/mol. The van der Waals surface area contributed by atoms with Crippen LogP contribution in [0.5, 0.6) is 0 Å². The van der Waals surface area contributed by atoms with E-state index in [0.29, 0.717) is 12.0 Å². The molecule has 10 nitrogen and oxygen atoms in total. The van der Waals surface area contributed by atoms with E-state index in [1.807, 2.05) is 0 Å². The van der Waals surface area contributed by atoms with Gasteiger partial charge in [0.1, 0.15) is 4.90 Å². The Balaban J connectivity index is 2.95. The van der Waals surface area contributed by atoms with Gasteiger partial charge in [-0.3, -0.25) is 9.11 Å². The largest absolute Gasteiger partial charge is 0.350 e. The minimum Gasteiger partial charge on any atom is -0.350 e. The van der Waals surface area contributed by atoms with Gasteiger partial charge in [-0.1, -0.05) is 17.3 Å². The predicted molar refractivity (Wildman–Crippen MR) is 96.1 cm³/mol. The lowest BCUT2D eigenvalue weighted by Crippen LogP contribution is -2.09. The van der Waals surface area contributed by atoms with Crippen molar-refractivity contribution < 1.29 is 40.6 Å². The molecule has 0 saturated heterocycles. The zero-order valence-corrected chi connectivity index (χ0v) is 16.0. The first kappa shape index (κ1) is 20.9. The molecule has 0 amide bonds. The molecule has 0 unspecified atom stereocenters. The minimum absolute atomic E-state index is 0.0121. The Morgan fingerprint density at radius 2 is 1.77 bits per heavy atom. The van der Waals surface area contributed by atoms with E-state index in [-0.39, 0.29) is 26.3 Å². The van der Waals surface area contributed by atoms with Crippen molar-refractivity contribution in [3.05, 3.63) is 24.3 Å². The van der Waals surface area contributed by atoms with E-state index in [9.17, 15) is 25.9 Å². The van der Waals surface area contributed by atoms with Crippen LogP contribution in [0.3, 0.4) is 0 Å². The third-order valence-corrected chi connectivity index (χ3v) is 5.38. The monoisotopic (exact) mass is 441 g/mol. The van der Waals surface area contributed by atoms with Crippen LogP contribution in [0.2, 0.25) is 0 Å². The number of nitrogens with one attached hydrogen (secondary N) is 1. The fourth-order valence-electron chi connectivity index (χ4n) is 2.17. The van der Waals surface area contributed by atoms with Crippen molar-refractivity contribution >= 4 is 65.9 Å². The summed E-state index contributed by atoms with van der Waals surface area (Å²) in [5.74, 6) is 0. The average Bonchev–Trinajstić information content (AvgIpc) is 2.49. The molecular formula is C12H11NO9S4. The van der Waals surface area contributed by atoms with Crippen LogP contribution in [0.25, 0.3) is 10.8 Å². The van der Waals surface area contributed by atoms with Crippen LogP contribution < -0.4 is 5.32 Å². The highest BCUT2D eigenvalue weighted by molar-refractivity contribution is 7.94. The lowest BCUT2D eigenvalue weighted by atomic mass is 10.1. The molecule has 0 aliphatic rings. The van der Waals surface area contributed by atoms with Gasteiger partial charge in [0.25, 0.3) is 20.2 Å². The molecule has 2 aromatic rings. The van der Waals surface area contributed by atoms with E-state index in [1.54, 1.807) is 0 Å². The number of benzene rings is 2. The summed E-state index contributed by atoms with van der Waals surface area (Å²) in [7, 11) is -9.38. The molecule has 2 aromatic carbocycles. The molecule has 142 valence electrons. The lowest BCUT2D eigenvalue weighted by molar-refractivity contribution is -0.432. The van der Waals surface area contributed by atoms with E-state index < -0.39 is 30.0 Å². The summed E-state index contributed by atoms with van der Waals surface area (Å²) < 4.78 is 69.6. The Morgan fingerprint density at radius 1 is 1.12 bits per heavy atom. The summed E-state index contributed by atoms with van der Waals surface area (Å²) in [4.78, 5) is -0.904. The number of hydrogen-bond acceptors (Lipinski definition) is 9. The molecule has 0 saturated carbocycles. The van der Waals surface area contributed by atoms with E-state index >= 15 is 0 Å². The topological polar surface area (TPSA) is 159 Å². The highest BCUT2D eigenvalue weighted by Gasteiger charge is 2.22. The van der Waals surface area contributed by atoms with Crippen molar-refractivity contribution in [2.45, 2.75) is 21.6 Å². The number of thiocarbonyl (C=S) groups is 1. The summed E-state index contributed by atoms with van der Waals surface area (Å²) >= 11 is 5.29. The number of rotatable bonds is 6. The van der Waals surface area contributed by atoms with Gasteiger partial charge in [0, 0.05) is 16.0 Å². The molecule has 0 bridgehead atoms. The maximum atomic E-state index is 11.8. The molecule has 0 spiro atoms. The van der Waals surface area contributed by atoms with Gasteiger partial charge in [-0.25, -0.2) is 5.26 Å². The SMILES string of the molecule is CC(=S)Nc1cc(S(=O)(=O)O)cc2cc(SOOO)cc(S(=O)(=O)O)c12. The van der Waals surface area contributed by atoms with Crippen molar-refractivity contribution in [3.63, 3.8) is 0 Å². The van der Waals surface area contributed by atoms with Crippen molar-refractivity contribution in [2.24, 2.45) is 0 Å². The van der Waals surface area contributed by atoms with Crippen LogP contribution in [0.15, 0.2) is 39.0 Å². The van der Waals surface area contributed by atoms with E-state index in [4.69, 9.17) is 17.5 Å². The van der Waals surface area contributed by atoms with Gasteiger partial charge in [-0.2, -0.15) is 16.8 Å².